The lowest BCUT2D eigenvalue weighted by Gasteiger charge is -2.43. The van der Waals surface area contributed by atoms with Gasteiger partial charge in [-0.1, -0.05) is 32.9 Å². The van der Waals surface area contributed by atoms with Crippen molar-refractivity contribution in [1.82, 2.24) is 10.2 Å². The van der Waals surface area contributed by atoms with Crippen molar-refractivity contribution in [2.75, 3.05) is 19.9 Å². The van der Waals surface area contributed by atoms with Gasteiger partial charge in [-0.2, -0.15) is 12.6 Å². The van der Waals surface area contributed by atoms with Crippen molar-refractivity contribution >= 4 is 30.6 Å². The SMILES string of the molecule is CC=CC(OC)C1(O)CC(C(C)C(O)C(C)C(CC)OC(=O)C(C)N(C)C(=O)CCS)OC(=O)N1. The van der Waals surface area contributed by atoms with Crippen molar-refractivity contribution in [3.63, 3.8) is 0 Å². The van der Waals surface area contributed by atoms with Crippen LogP contribution in [-0.2, 0) is 23.8 Å². The quantitative estimate of drug-likeness (QED) is 0.165. The predicted molar refractivity (Wildman–Crippen MR) is 134 cm³/mol. The number of cyclic esters (lactones) is 1. The summed E-state index contributed by atoms with van der Waals surface area (Å²) < 4.78 is 16.4. The minimum Gasteiger partial charge on any atom is -0.460 e. The Morgan fingerprint density at radius 3 is 2.51 bits per heavy atom. The zero-order valence-electron chi connectivity index (χ0n) is 21.8. The first-order valence-corrected chi connectivity index (χ1v) is 12.6. The van der Waals surface area contributed by atoms with E-state index in [1.165, 1.54) is 19.1 Å². The van der Waals surface area contributed by atoms with Crippen LogP contribution in [0.25, 0.3) is 0 Å². The van der Waals surface area contributed by atoms with Gasteiger partial charge in [0.25, 0.3) is 0 Å². The number of hydrogen-bond donors (Lipinski definition) is 4. The Balaban J connectivity index is 2.93. The summed E-state index contributed by atoms with van der Waals surface area (Å²) in [6.45, 7) is 8.64. The number of nitrogens with zero attached hydrogens (tertiary/aromatic N) is 1. The van der Waals surface area contributed by atoms with Crippen molar-refractivity contribution in [3.05, 3.63) is 12.2 Å². The van der Waals surface area contributed by atoms with Gasteiger partial charge in [-0.05, 0) is 26.0 Å². The van der Waals surface area contributed by atoms with Gasteiger partial charge in [0.05, 0.1) is 6.10 Å². The monoisotopic (exact) mass is 518 g/mol. The summed E-state index contributed by atoms with van der Waals surface area (Å²) in [4.78, 5) is 38.3. The lowest BCUT2D eigenvalue weighted by molar-refractivity contribution is -0.167. The predicted octanol–water partition coefficient (Wildman–Crippen LogP) is 1.89. The first kappa shape index (κ1) is 31.2. The van der Waals surface area contributed by atoms with E-state index in [0.29, 0.717) is 12.2 Å². The van der Waals surface area contributed by atoms with Gasteiger partial charge in [0.2, 0.25) is 5.91 Å². The van der Waals surface area contributed by atoms with Gasteiger partial charge in [0.1, 0.15) is 24.4 Å². The Labute approximate surface area is 213 Å². The molecule has 35 heavy (non-hydrogen) atoms. The van der Waals surface area contributed by atoms with E-state index in [1.807, 2.05) is 6.92 Å². The molecule has 8 unspecified atom stereocenters. The molecule has 1 heterocycles. The Morgan fingerprint density at radius 1 is 1.37 bits per heavy atom. The van der Waals surface area contributed by atoms with E-state index >= 15 is 0 Å². The maximum absolute atomic E-state index is 12.7. The van der Waals surface area contributed by atoms with E-state index in [-0.39, 0.29) is 18.7 Å². The summed E-state index contributed by atoms with van der Waals surface area (Å²) in [5, 5.41) is 24.6. The molecule has 0 bridgehead atoms. The molecule has 2 amide bonds. The maximum Gasteiger partial charge on any atom is 0.409 e. The summed E-state index contributed by atoms with van der Waals surface area (Å²) in [7, 11) is 2.96. The number of esters is 1. The molecule has 0 aromatic heterocycles. The number of thiol groups is 1. The second-order valence-corrected chi connectivity index (χ2v) is 9.57. The number of allylic oxidation sites excluding steroid dienone is 1. The number of nitrogens with one attached hydrogen (secondary N) is 1. The van der Waals surface area contributed by atoms with E-state index in [4.69, 9.17) is 14.2 Å². The van der Waals surface area contributed by atoms with E-state index in [0.717, 1.165) is 0 Å². The number of carbonyl (C=O) groups excluding carboxylic acids is 3. The molecule has 0 spiro atoms. The van der Waals surface area contributed by atoms with Gasteiger partial charge in [-0.3, -0.25) is 10.1 Å². The van der Waals surface area contributed by atoms with Crippen molar-refractivity contribution in [1.29, 1.82) is 0 Å². The Hall–Kier alpha value is -1.82. The zero-order valence-corrected chi connectivity index (χ0v) is 22.7. The summed E-state index contributed by atoms with van der Waals surface area (Å²) in [6.07, 6.45) is -0.145. The van der Waals surface area contributed by atoms with Crippen LogP contribution in [0.1, 0.15) is 53.9 Å². The first-order chi connectivity index (χ1) is 16.4. The Morgan fingerprint density at radius 2 is 2.00 bits per heavy atom. The van der Waals surface area contributed by atoms with E-state index in [9.17, 15) is 24.6 Å². The van der Waals surface area contributed by atoms with Crippen LogP contribution in [0.4, 0.5) is 4.79 Å². The molecule has 0 aromatic rings. The minimum absolute atomic E-state index is 0.0157. The van der Waals surface area contributed by atoms with Crippen molar-refractivity contribution in [2.24, 2.45) is 11.8 Å². The van der Waals surface area contributed by atoms with Crippen LogP contribution in [0.2, 0.25) is 0 Å². The summed E-state index contributed by atoms with van der Waals surface area (Å²) in [6, 6.07) is -0.795. The third-order valence-electron chi connectivity index (χ3n) is 6.74. The molecule has 1 fully saturated rings. The number of amides is 2. The van der Waals surface area contributed by atoms with Gasteiger partial charge in [-0.15, -0.1) is 0 Å². The van der Waals surface area contributed by atoms with Gasteiger partial charge in [-0.25, -0.2) is 9.59 Å². The van der Waals surface area contributed by atoms with Crippen LogP contribution >= 0.6 is 12.6 Å². The third-order valence-corrected chi connectivity index (χ3v) is 6.97. The standard InChI is InChI=1S/C24H42N2O8S/c1-8-10-19(32-7)24(31)13-18(34-23(30)25-24)15(4)21(28)14(3)17(9-2)33-22(29)16(5)26(6)20(27)11-12-35/h8,10,14-19,21,28,31,35H,9,11-13H2,1-7H3,(H,25,30). The van der Waals surface area contributed by atoms with Gasteiger partial charge < -0.3 is 29.3 Å². The zero-order chi connectivity index (χ0) is 26.9. The number of hydrogen-bond acceptors (Lipinski definition) is 9. The molecule has 8 atom stereocenters. The van der Waals surface area contributed by atoms with Crippen LogP contribution < -0.4 is 5.32 Å². The molecule has 0 radical (unpaired) electrons. The Kier molecular flexibility index (Phi) is 12.5. The fourth-order valence-corrected chi connectivity index (χ4v) is 4.40. The van der Waals surface area contributed by atoms with E-state index in [1.54, 1.807) is 39.8 Å². The molecule has 10 nitrogen and oxygen atoms in total. The number of aliphatic hydroxyl groups excluding tert-OH is 1. The number of ether oxygens (including phenoxy) is 3. The summed E-state index contributed by atoms with van der Waals surface area (Å²) in [5.74, 6) is -1.52. The van der Waals surface area contributed by atoms with Crippen LogP contribution in [-0.4, -0.2) is 89.2 Å². The summed E-state index contributed by atoms with van der Waals surface area (Å²) in [5.41, 5.74) is -1.71. The minimum atomic E-state index is -1.71. The van der Waals surface area contributed by atoms with Crippen molar-refractivity contribution in [2.45, 2.75) is 90.1 Å². The fraction of sp³-hybridized carbons (Fsp3) is 0.792. The van der Waals surface area contributed by atoms with Crippen molar-refractivity contribution < 1.29 is 38.8 Å². The molecular weight excluding hydrogens is 476 g/mol. The third kappa shape index (κ3) is 8.09. The van der Waals surface area contributed by atoms with E-state index < -0.39 is 60.1 Å². The number of alkyl carbamates (subject to hydrolysis) is 1. The Bertz CT molecular complexity index is 751. The number of likely N-dealkylation sites (N-methyl/N-ethyl adjacent to an activating group) is 1. The van der Waals surface area contributed by atoms with Crippen LogP contribution in [0.3, 0.4) is 0 Å². The fourth-order valence-electron chi connectivity index (χ4n) is 4.21. The van der Waals surface area contributed by atoms with Gasteiger partial charge >= 0.3 is 12.1 Å². The van der Waals surface area contributed by atoms with Crippen LogP contribution in [0, 0.1) is 11.8 Å². The molecule has 0 aromatic carbocycles. The van der Waals surface area contributed by atoms with Crippen LogP contribution in [0.5, 0.6) is 0 Å². The number of aliphatic hydroxyl groups is 2. The summed E-state index contributed by atoms with van der Waals surface area (Å²) >= 11 is 4.05. The molecular formula is C24H42N2O8S. The van der Waals surface area contributed by atoms with Gasteiger partial charge in [0.15, 0.2) is 5.72 Å². The highest BCUT2D eigenvalue weighted by Crippen LogP contribution is 2.32. The maximum atomic E-state index is 12.7. The average Bonchev–Trinajstić information content (AvgIpc) is 2.82. The highest BCUT2D eigenvalue weighted by Gasteiger charge is 2.48. The molecule has 1 aliphatic rings. The highest BCUT2D eigenvalue weighted by atomic mass is 32.1. The van der Waals surface area contributed by atoms with Crippen LogP contribution in [0.15, 0.2) is 12.2 Å². The molecule has 3 N–H and O–H groups in total. The number of methoxy groups -OCH3 is 1. The molecule has 1 saturated heterocycles. The lowest BCUT2D eigenvalue weighted by atomic mass is 9.81. The first-order valence-electron chi connectivity index (χ1n) is 12.0. The molecule has 0 aliphatic carbocycles. The number of carbonyl (C=O) groups is 3. The topological polar surface area (TPSA) is 135 Å². The normalized spacial score (nSPS) is 25.5. The molecule has 11 heteroatoms. The molecule has 1 rings (SSSR count). The molecule has 1 aliphatic heterocycles. The van der Waals surface area contributed by atoms with Gasteiger partial charge in [0, 0.05) is 38.8 Å². The molecule has 0 saturated carbocycles. The highest BCUT2D eigenvalue weighted by molar-refractivity contribution is 7.80. The second-order valence-electron chi connectivity index (χ2n) is 9.13. The average molecular weight is 519 g/mol. The second kappa shape index (κ2) is 14.1. The van der Waals surface area contributed by atoms with E-state index in [2.05, 4.69) is 17.9 Å². The number of rotatable bonds is 13. The largest absolute Gasteiger partial charge is 0.460 e. The van der Waals surface area contributed by atoms with Crippen molar-refractivity contribution in [3.8, 4) is 0 Å². The lowest BCUT2D eigenvalue weighted by Crippen LogP contribution is -2.64. The smallest absolute Gasteiger partial charge is 0.409 e. The molecule has 202 valence electrons.